The molecule has 0 fully saturated rings. The number of carbonyl (C=O) groups excluding carboxylic acids is 1. The Hall–Kier alpha value is -1.30. The van der Waals surface area contributed by atoms with E-state index in [2.05, 4.69) is 5.10 Å². The van der Waals surface area contributed by atoms with E-state index in [4.69, 9.17) is 34.0 Å². The van der Waals surface area contributed by atoms with E-state index in [1.54, 1.807) is 12.1 Å². The molecule has 4 N–H and O–H groups in total. The number of urea groups is 1. The molecule has 16 heavy (non-hydrogen) atoms. The van der Waals surface area contributed by atoms with Crippen LogP contribution in [0.5, 0.6) is 0 Å². The Kier molecular flexibility index (Phi) is 4.54. The molecule has 1 aromatic carbocycles. The predicted octanol–water partition coefficient (Wildman–Crippen LogP) is 1.49. The van der Waals surface area contributed by atoms with Crippen molar-refractivity contribution in [2.45, 2.75) is 6.61 Å². The summed E-state index contributed by atoms with van der Waals surface area (Å²) in [5.74, 6) is 0. The molecule has 5 nitrogen and oxygen atoms in total. The molecule has 2 amide bonds. The summed E-state index contributed by atoms with van der Waals surface area (Å²) in [6.07, 6.45) is 1.27. The number of aliphatic hydroxyl groups excluding tert-OH is 1. The van der Waals surface area contributed by atoms with Crippen LogP contribution in [0.25, 0.3) is 0 Å². The zero-order chi connectivity index (χ0) is 12.1. The molecule has 0 aliphatic heterocycles. The van der Waals surface area contributed by atoms with Crippen LogP contribution in [0.2, 0.25) is 10.0 Å². The number of benzene rings is 1. The van der Waals surface area contributed by atoms with Gasteiger partial charge in [0.2, 0.25) is 0 Å². The van der Waals surface area contributed by atoms with E-state index in [-0.39, 0.29) is 6.61 Å². The van der Waals surface area contributed by atoms with Crippen molar-refractivity contribution in [3.05, 3.63) is 33.3 Å². The van der Waals surface area contributed by atoms with Crippen LogP contribution >= 0.6 is 23.2 Å². The van der Waals surface area contributed by atoms with Crippen molar-refractivity contribution in [1.29, 1.82) is 0 Å². The van der Waals surface area contributed by atoms with Crippen LogP contribution in [0.3, 0.4) is 0 Å². The van der Waals surface area contributed by atoms with Crippen LogP contribution in [-0.4, -0.2) is 17.4 Å². The molecule has 0 unspecified atom stereocenters. The SMILES string of the molecule is NC(=O)NN=Cc1c(Cl)cc(CO)cc1Cl. The smallest absolute Gasteiger partial charge is 0.332 e. The van der Waals surface area contributed by atoms with Gasteiger partial charge in [0.1, 0.15) is 0 Å². The molecule has 0 aliphatic carbocycles. The molecule has 0 radical (unpaired) electrons. The molecule has 0 spiro atoms. The number of nitrogens with zero attached hydrogens (tertiary/aromatic N) is 1. The molecule has 0 saturated carbocycles. The van der Waals surface area contributed by atoms with E-state index in [1.807, 2.05) is 5.43 Å². The quantitative estimate of drug-likeness (QED) is 0.569. The number of hydrazone groups is 1. The molecule has 0 aliphatic rings. The van der Waals surface area contributed by atoms with Gasteiger partial charge in [-0.15, -0.1) is 0 Å². The highest BCUT2D eigenvalue weighted by molar-refractivity contribution is 6.38. The lowest BCUT2D eigenvalue weighted by Crippen LogP contribution is -2.24. The number of primary amides is 1. The molecule has 0 aromatic heterocycles. The van der Waals surface area contributed by atoms with Gasteiger partial charge in [0.25, 0.3) is 0 Å². The number of nitrogens with one attached hydrogen (secondary N) is 1. The molecule has 7 heteroatoms. The number of halogens is 2. The first-order chi connectivity index (χ1) is 7.54. The second-order valence-electron chi connectivity index (χ2n) is 2.87. The maximum Gasteiger partial charge on any atom is 0.332 e. The second-order valence-corrected chi connectivity index (χ2v) is 3.68. The minimum Gasteiger partial charge on any atom is -0.392 e. The summed E-state index contributed by atoms with van der Waals surface area (Å²) in [4.78, 5) is 10.4. The molecule has 0 heterocycles. The summed E-state index contributed by atoms with van der Waals surface area (Å²) in [5, 5.41) is 13.1. The summed E-state index contributed by atoms with van der Waals surface area (Å²) in [5.41, 5.74) is 7.87. The first kappa shape index (κ1) is 12.8. The number of aliphatic hydroxyl groups is 1. The lowest BCUT2D eigenvalue weighted by atomic mass is 10.1. The number of nitrogens with two attached hydrogens (primary N) is 1. The van der Waals surface area contributed by atoms with E-state index in [1.165, 1.54) is 6.21 Å². The van der Waals surface area contributed by atoms with Gasteiger partial charge < -0.3 is 10.8 Å². The third-order valence-corrected chi connectivity index (χ3v) is 2.32. The van der Waals surface area contributed by atoms with E-state index in [9.17, 15) is 4.79 Å². The third kappa shape index (κ3) is 3.37. The van der Waals surface area contributed by atoms with Crippen molar-refractivity contribution in [3.8, 4) is 0 Å². The van der Waals surface area contributed by atoms with Gasteiger partial charge in [0.15, 0.2) is 0 Å². The van der Waals surface area contributed by atoms with Gasteiger partial charge >= 0.3 is 6.03 Å². The molecule has 1 aromatic rings. The first-order valence-electron chi connectivity index (χ1n) is 4.22. The predicted molar refractivity (Wildman–Crippen MR) is 62.7 cm³/mol. The molecule has 1 rings (SSSR count). The molecule has 86 valence electrons. The average Bonchev–Trinajstić information content (AvgIpc) is 2.21. The fourth-order valence-electron chi connectivity index (χ4n) is 1.01. The van der Waals surface area contributed by atoms with Crippen LogP contribution in [0.15, 0.2) is 17.2 Å². The molecular formula is C9H9Cl2N3O2. The Balaban J connectivity index is 2.96. The van der Waals surface area contributed by atoms with E-state index < -0.39 is 6.03 Å². The van der Waals surface area contributed by atoms with Gasteiger partial charge in [-0.25, -0.2) is 10.2 Å². The number of carbonyl (C=O) groups is 1. The largest absolute Gasteiger partial charge is 0.392 e. The summed E-state index contributed by atoms with van der Waals surface area (Å²) in [7, 11) is 0. The van der Waals surface area contributed by atoms with Crippen LogP contribution in [0.1, 0.15) is 11.1 Å². The van der Waals surface area contributed by atoms with Crippen LogP contribution < -0.4 is 11.2 Å². The lowest BCUT2D eigenvalue weighted by molar-refractivity contribution is 0.249. The number of rotatable bonds is 3. The summed E-state index contributed by atoms with van der Waals surface area (Å²) >= 11 is 11.8. The highest BCUT2D eigenvalue weighted by atomic mass is 35.5. The van der Waals surface area contributed by atoms with E-state index in [0.29, 0.717) is 21.2 Å². The summed E-state index contributed by atoms with van der Waals surface area (Å²) in [6, 6.07) is 2.33. The molecule has 0 bridgehead atoms. The maximum atomic E-state index is 10.4. The van der Waals surface area contributed by atoms with Gasteiger partial charge in [-0.1, -0.05) is 23.2 Å². The molecular weight excluding hydrogens is 253 g/mol. The van der Waals surface area contributed by atoms with Crippen molar-refractivity contribution in [2.24, 2.45) is 10.8 Å². The number of amides is 2. The van der Waals surface area contributed by atoms with Crippen LogP contribution in [0, 0.1) is 0 Å². The van der Waals surface area contributed by atoms with Gasteiger partial charge in [-0.3, -0.25) is 0 Å². The van der Waals surface area contributed by atoms with Crippen molar-refractivity contribution < 1.29 is 9.90 Å². The first-order valence-corrected chi connectivity index (χ1v) is 4.97. The highest BCUT2D eigenvalue weighted by Gasteiger charge is 2.05. The monoisotopic (exact) mass is 261 g/mol. The third-order valence-electron chi connectivity index (χ3n) is 1.69. The summed E-state index contributed by atoms with van der Waals surface area (Å²) < 4.78 is 0. The van der Waals surface area contributed by atoms with Crippen molar-refractivity contribution in [3.63, 3.8) is 0 Å². The fraction of sp³-hybridized carbons (Fsp3) is 0.111. The molecule has 0 saturated heterocycles. The minimum absolute atomic E-state index is 0.156. The second kappa shape index (κ2) is 5.69. The van der Waals surface area contributed by atoms with E-state index in [0.717, 1.165) is 0 Å². The fourth-order valence-corrected chi connectivity index (χ4v) is 1.64. The number of hydrogen-bond donors (Lipinski definition) is 3. The Bertz CT molecular complexity index is 412. The maximum absolute atomic E-state index is 10.4. The van der Waals surface area contributed by atoms with E-state index >= 15 is 0 Å². The number of hydrogen-bond acceptors (Lipinski definition) is 3. The van der Waals surface area contributed by atoms with Gasteiger partial charge in [0.05, 0.1) is 22.9 Å². The van der Waals surface area contributed by atoms with Gasteiger partial charge in [-0.2, -0.15) is 5.10 Å². The minimum atomic E-state index is -0.782. The van der Waals surface area contributed by atoms with Gasteiger partial charge in [-0.05, 0) is 17.7 Å². The van der Waals surface area contributed by atoms with Crippen molar-refractivity contribution in [2.75, 3.05) is 0 Å². The standard InChI is InChI=1S/C9H9Cl2N3O2/c10-7-1-5(4-15)2-8(11)6(7)3-13-14-9(12)16/h1-3,15H,4H2,(H3,12,14,16). The highest BCUT2D eigenvalue weighted by Crippen LogP contribution is 2.25. The Morgan fingerprint density at radius 1 is 1.50 bits per heavy atom. The zero-order valence-electron chi connectivity index (χ0n) is 8.08. The van der Waals surface area contributed by atoms with Crippen molar-refractivity contribution in [1.82, 2.24) is 5.43 Å². The Morgan fingerprint density at radius 2 is 2.06 bits per heavy atom. The van der Waals surface area contributed by atoms with Crippen LogP contribution in [0.4, 0.5) is 4.79 Å². The van der Waals surface area contributed by atoms with Crippen LogP contribution in [-0.2, 0) is 6.61 Å². The van der Waals surface area contributed by atoms with Gasteiger partial charge in [0, 0.05) is 5.56 Å². The lowest BCUT2D eigenvalue weighted by Gasteiger charge is -2.04. The zero-order valence-corrected chi connectivity index (χ0v) is 9.59. The summed E-state index contributed by atoms with van der Waals surface area (Å²) in [6.45, 7) is -0.156. The Labute approximate surface area is 102 Å². The average molecular weight is 262 g/mol. The normalized spacial score (nSPS) is 10.7. The topological polar surface area (TPSA) is 87.7 Å². The molecule has 0 atom stereocenters. The van der Waals surface area contributed by atoms with Crippen molar-refractivity contribution >= 4 is 35.4 Å². The Morgan fingerprint density at radius 3 is 2.50 bits per heavy atom.